The average Bonchev–Trinajstić information content (AvgIpc) is 2.70. The lowest BCUT2D eigenvalue weighted by Gasteiger charge is -1.96. The van der Waals surface area contributed by atoms with Gasteiger partial charge in [0.1, 0.15) is 0 Å². The summed E-state index contributed by atoms with van der Waals surface area (Å²) in [6.07, 6.45) is 13.2. The highest BCUT2D eigenvalue weighted by molar-refractivity contribution is 8.00. The van der Waals surface area contributed by atoms with Crippen molar-refractivity contribution in [2.75, 3.05) is 6.26 Å². The summed E-state index contributed by atoms with van der Waals surface area (Å²) in [6.45, 7) is 8.11. The van der Waals surface area contributed by atoms with E-state index in [0.717, 1.165) is 11.1 Å². The molecule has 1 aromatic heterocycles. The first-order valence-electron chi connectivity index (χ1n) is 6.93. The number of aryl methyl sites for hydroxylation is 1. The Kier molecular flexibility index (Phi) is 7.42. The summed E-state index contributed by atoms with van der Waals surface area (Å²) in [5.41, 5.74) is 4.48. The molecule has 0 aliphatic carbocycles. The van der Waals surface area contributed by atoms with Crippen LogP contribution in [0, 0.1) is 13.8 Å². The van der Waals surface area contributed by atoms with Crippen molar-refractivity contribution in [3.05, 3.63) is 57.5 Å². The smallest absolute Gasteiger partial charge is 0.328 e. The highest BCUT2D eigenvalue weighted by atomic mass is 32.2. The summed E-state index contributed by atoms with van der Waals surface area (Å²) in [5, 5.41) is 8.64. The molecule has 0 aliphatic heterocycles. The minimum absolute atomic E-state index is 0.717. The second-order valence-corrected chi connectivity index (χ2v) is 7.32. The Hall–Kier alpha value is -1.52. The quantitative estimate of drug-likeness (QED) is 0.416. The van der Waals surface area contributed by atoms with Gasteiger partial charge in [0.2, 0.25) is 0 Å². The Labute approximate surface area is 141 Å². The number of rotatable bonds is 6. The number of carboxylic acid groups (broad SMARTS) is 1. The summed E-state index contributed by atoms with van der Waals surface area (Å²) in [7, 11) is 0. The zero-order chi connectivity index (χ0) is 16.7. The van der Waals surface area contributed by atoms with Crippen molar-refractivity contribution in [3.8, 4) is 0 Å². The van der Waals surface area contributed by atoms with Crippen molar-refractivity contribution in [3.63, 3.8) is 0 Å². The molecule has 0 aliphatic rings. The molecule has 22 heavy (non-hydrogen) atoms. The molecule has 0 saturated heterocycles. The maximum atomic E-state index is 10.5. The second-order valence-electron chi connectivity index (χ2n) is 5.02. The SMILES string of the molecule is CSc1sc(C)c(C=CC(C)=CC=C/C(C)=C/C(=O)O)c1C. The largest absolute Gasteiger partial charge is 0.478 e. The summed E-state index contributed by atoms with van der Waals surface area (Å²) < 4.78 is 1.37. The zero-order valence-corrected chi connectivity index (χ0v) is 15.3. The molecule has 0 atom stereocenters. The molecule has 0 saturated carbocycles. The molecular weight excluding hydrogens is 312 g/mol. The number of allylic oxidation sites excluding steroid dienone is 6. The summed E-state index contributed by atoms with van der Waals surface area (Å²) >= 11 is 3.63. The normalized spacial score (nSPS) is 13.5. The number of aliphatic carboxylic acids is 1. The van der Waals surface area contributed by atoms with Crippen LogP contribution in [-0.4, -0.2) is 17.3 Å². The van der Waals surface area contributed by atoms with Gasteiger partial charge in [-0.15, -0.1) is 23.1 Å². The maximum absolute atomic E-state index is 10.5. The van der Waals surface area contributed by atoms with Gasteiger partial charge in [-0.2, -0.15) is 0 Å². The van der Waals surface area contributed by atoms with Crippen LogP contribution < -0.4 is 0 Å². The van der Waals surface area contributed by atoms with Crippen molar-refractivity contribution in [2.45, 2.75) is 31.9 Å². The molecule has 0 aromatic carbocycles. The third-order valence-electron chi connectivity index (χ3n) is 3.10. The fourth-order valence-electron chi connectivity index (χ4n) is 1.95. The van der Waals surface area contributed by atoms with Crippen LogP contribution in [0.15, 0.2) is 45.7 Å². The van der Waals surface area contributed by atoms with E-state index < -0.39 is 5.97 Å². The second kappa shape index (κ2) is 8.81. The Morgan fingerprint density at radius 1 is 1.18 bits per heavy atom. The highest BCUT2D eigenvalue weighted by Crippen LogP contribution is 2.34. The van der Waals surface area contributed by atoms with Gasteiger partial charge >= 0.3 is 5.97 Å². The Morgan fingerprint density at radius 2 is 1.86 bits per heavy atom. The molecule has 1 aromatic rings. The lowest BCUT2D eigenvalue weighted by atomic mass is 10.1. The molecule has 2 nitrogen and oxygen atoms in total. The first-order chi connectivity index (χ1) is 10.3. The van der Waals surface area contributed by atoms with E-state index in [9.17, 15) is 4.79 Å². The Morgan fingerprint density at radius 3 is 2.41 bits per heavy atom. The summed E-state index contributed by atoms with van der Waals surface area (Å²) in [5.74, 6) is -0.921. The van der Waals surface area contributed by atoms with Gasteiger partial charge in [0.15, 0.2) is 0 Å². The van der Waals surface area contributed by atoms with E-state index in [1.807, 2.05) is 30.4 Å². The van der Waals surface area contributed by atoms with Gasteiger partial charge in [-0.1, -0.05) is 36.0 Å². The average molecular weight is 335 g/mol. The molecule has 0 unspecified atom stereocenters. The van der Waals surface area contributed by atoms with E-state index in [2.05, 4.69) is 32.3 Å². The molecule has 0 spiro atoms. The van der Waals surface area contributed by atoms with E-state index in [1.165, 1.54) is 26.3 Å². The molecule has 4 heteroatoms. The number of thiophene rings is 1. The van der Waals surface area contributed by atoms with E-state index in [-0.39, 0.29) is 0 Å². The molecule has 0 fully saturated rings. The number of thioether (sulfide) groups is 1. The number of hydrogen-bond donors (Lipinski definition) is 1. The molecule has 1 heterocycles. The molecule has 1 N–H and O–H groups in total. The van der Waals surface area contributed by atoms with Gasteiger partial charge < -0.3 is 5.11 Å². The molecule has 1 rings (SSSR count). The van der Waals surface area contributed by atoms with Crippen molar-refractivity contribution >= 4 is 35.1 Å². The van der Waals surface area contributed by atoms with E-state index in [4.69, 9.17) is 5.11 Å². The van der Waals surface area contributed by atoms with Gasteiger partial charge in [0, 0.05) is 11.0 Å². The van der Waals surface area contributed by atoms with Crippen molar-refractivity contribution in [1.29, 1.82) is 0 Å². The predicted molar refractivity (Wildman–Crippen MR) is 98.9 cm³/mol. The van der Waals surface area contributed by atoms with Crippen LogP contribution in [0.5, 0.6) is 0 Å². The zero-order valence-electron chi connectivity index (χ0n) is 13.6. The van der Waals surface area contributed by atoms with Gasteiger partial charge in [-0.05, 0) is 50.7 Å². The Bertz CT molecular complexity index is 659. The molecular formula is C18H22O2S2. The van der Waals surface area contributed by atoms with Crippen LogP contribution in [0.4, 0.5) is 0 Å². The minimum atomic E-state index is -0.921. The number of hydrogen-bond acceptors (Lipinski definition) is 3. The van der Waals surface area contributed by atoms with Gasteiger partial charge in [-0.3, -0.25) is 0 Å². The molecule has 0 radical (unpaired) electrons. The van der Waals surface area contributed by atoms with E-state index >= 15 is 0 Å². The van der Waals surface area contributed by atoms with Crippen LogP contribution >= 0.6 is 23.1 Å². The predicted octanol–water partition coefficient (Wildman–Crippen LogP) is 5.63. The fourth-order valence-corrected chi connectivity index (χ4v) is 3.94. The van der Waals surface area contributed by atoms with Crippen molar-refractivity contribution < 1.29 is 9.90 Å². The van der Waals surface area contributed by atoms with Crippen molar-refractivity contribution in [1.82, 2.24) is 0 Å². The van der Waals surface area contributed by atoms with Crippen LogP contribution in [0.2, 0.25) is 0 Å². The standard InChI is InChI=1S/C18H22O2S2/c1-12(7-6-8-13(2)11-17(19)20)9-10-16-14(3)18(21-5)22-15(16)4/h6-11H,1-5H3,(H,19,20)/b8-6?,10-9?,12-7?,13-11+. The lowest BCUT2D eigenvalue weighted by molar-refractivity contribution is -0.131. The monoisotopic (exact) mass is 334 g/mol. The first kappa shape index (κ1) is 18.5. The van der Waals surface area contributed by atoms with Crippen LogP contribution in [0.3, 0.4) is 0 Å². The summed E-state index contributed by atoms with van der Waals surface area (Å²) in [6, 6.07) is 0. The molecule has 0 bridgehead atoms. The fraction of sp³-hybridized carbons (Fsp3) is 0.278. The topological polar surface area (TPSA) is 37.3 Å². The molecule has 0 amide bonds. The first-order valence-corrected chi connectivity index (χ1v) is 8.97. The van der Waals surface area contributed by atoms with Gasteiger partial charge in [0.25, 0.3) is 0 Å². The minimum Gasteiger partial charge on any atom is -0.478 e. The lowest BCUT2D eigenvalue weighted by Crippen LogP contribution is -1.87. The Balaban J connectivity index is 2.82. The summed E-state index contributed by atoms with van der Waals surface area (Å²) in [4.78, 5) is 11.9. The van der Waals surface area contributed by atoms with Gasteiger partial charge in [-0.25, -0.2) is 4.79 Å². The molecule has 118 valence electrons. The number of carboxylic acids is 1. The van der Waals surface area contributed by atoms with Gasteiger partial charge in [0.05, 0.1) is 4.21 Å². The number of carbonyl (C=O) groups is 1. The third kappa shape index (κ3) is 5.70. The van der Waals surface area contributed by atoms with Crippen LogP contribution in [0.1, 0.15) is 29.9 Å². The maximum Gasteiger partial charge on any atom is 0.328 e. The van der Waals surface area contributed by atoms with E-state index in [0.29, 0.717) is 0 Å². The van der Waals surface area contributed by atoms with Crippen molar-refractivity contribution in [2.24, 2.45) is 0 Å². The van der Waals surface area contributed by atoms with E-state index in [1.54, 1.807) is 24.8 Å². The third-order valence-corrected chi connectivity index (χ3v) is 5.55. The highest BCUT2D eigenvalue weighted by Gasteiger charge is 2.08. The van der Waals surface area contributed by atoms with Crippen LogP contribution in [-0.2, 0) is 4.79 Å². The van der Waals surface area contributed by atoms with Crippen LogP contribution in [0.25, 0.3) is 6.08 Å².